The van der Waals surface area contributed by atoms with E-state index in [9.17, 15) is 19.2 Å². The molecule has 0 radical (unpaired) electrons. The molecule has 3 amide bonds. The van der Waals surface area contributed by atoms with Gasteiger partial charge in [-0.1, -0.05) is 65.7 Å². The molecule has 1 aliphatic heterocycles. The number of halogens is 2. The molecular weight excluding hydrogens is 527 g/mol. The molecule has 3 aromatic rings. The van der Waals surface area contributed by atoms with Crippen molar-refractivity contribution >= 4 is 58.3 Å². The van der Waals surface area contributed by atoms with Crippen LogP contribution in [0.1, 0.15) is 41.1 Å². The van der Waals surface area contributed by atoms with Gasteiger partial charge in [0.05, 0.1) is 38.8 Å². The van der Waals surface area contributed by atoms with E-state index in [1.165, 1.54) is 22.6 Å². The SMILES string of the molecule is O=C(COC(=O)c1cccc(N2C(=O)[C@H]3C[C@@H](c4ccccc4)CC[C@H]3C2=O)c1)Nc1cccc(Cl)c1Cl. The Morgan fingerprint density at radius 2 is 1.63 bits per heavy atom. The lowest BCUT2D eigenvalue weighted by atomic mass is 9.73. The number of esters is 1. The highest BCUT2D eigenvalue weighted by Crippen LogP contribution is 2.45. The van der Waals surface area contributed by atoms with Gasteiger partial charge in [0.25, 0.3) is 5.91 Å². The number of ether oxygens (including phenoxy) is 1. The van der Waals surface area contributed by atoms with E-state index in [2.05, 4.69) is 17.4 Å². The van der Waals surface area contributed by atoms with E-state index in [1.807, 2.05) is 18.2 Å². The second kappa shape index (κ2) is 11.0. The zero-order valence-corrected chi connectivity index (χ0v) is 21.7. The Balaban J connectivity index is 1.25. The molecule has 9 heteroatoms. The normalized spacial score (nSPS) is 20.7. The molecule has 7 nitrogen and oxygen atoms in total. The summed E-state index contributed by atoms with van der Waals surface area (Å²) in [5.41, 5.74) is 1.91. The lowest BCUT2D eigenvalue weighted by molar-refractivity contribution is -0.122. The van der Waals surface area contributed by atoms with E-state index >= 15 is 0 Å². The third kappa shape index (κ3) is 5.17. The van der Waals surface area contributed by atoms with E-state index in [4.69, 9.17) is 27.9 Å². The summed E-state index contributed by atoms with van der Waals surface area (Å²) in [4.78, 5) is 52.7. The van der Waals surface area contributed by atoms with Gasteiger partial charge in [-0.15, -0.1) is 0 Å². The van der Waals surface area contributed by atoms with Crippen molar-refractivity contribution in [3.05, 3.63) is 94.0 Å². The Kier molecular flexibility index (Phi) is 7.49. The van der Waals surface area contributed by atoms with Crippen LogP contribution in [0.2, 0.25) is 10.0 Å². The van der Waals surface area contributed by atoms with E-state index < -0.39 is 18.5 Å². The number of rotatable bonds is 6. The number of benzene rings is 3. The second-order valence-corrected chi connectivity index (χ2v) is 10.2. The van der Waals surface area contributed by atoms with Crippen molar-refractivity contribution in [3.8, 4) is 0 Å². The number of fused-ring (bicyclic) bond motifs is 1. The van der Waals surface area contributed by atoms with Crippen LogP contribution >= 0.6 is 23.2 Å². The Morgan fingerprint density at radius 3 is 2.42 bits per heavy atom. The van der Waals surface area contributed by atoms with Crippen LogP contribution in [0.25, 0.3) is 0 Å². The molecule has 38 heavy (non-hydrogen) atoms. The first-order chi connectivity index (χ1) is 18.3. The lowest BCUT2D eigenvalue weighted by Crippen LogP contribution is -2.31. The highest BCUT2D eigenvalue weighted by atomic mass is 35.5. The zero-order valence-electron chi connectivity index (χ0n) is 20.2. The van der Waals surface area contributed by atoms with Crippen molar-refractivity contribution in [2.24, 2.45) is 11.8 Å². The first-order valence-corrected chi connectivity index (χ1v) is 13.0. The minimum Gasteiger partial charge on any atom is -0.452 e. The van der Waals surface area contributed by atoms with Gasteiger partial charge in [-0.25, -0.2) is 4.79 Å². The number of anilines is 2. The molecular formula is C29H24Cl2N2O5. The van der Waals surface area contributed by atoms with Crippen molar-refractivity contribution in [2.75, 3.05) is 16.8 Å². The van der Waals surface area contributed by atoms with Gasteiger partial charge in [-0.05, 0) is 61.1 Å². The molecule has 0 spiro atoms. The number of hydrogen-bond donors (Lipinski definition) is 1. The summed E-state index contributed by atoms with van der Waals surface area (Å²) in [7, 11) is 0. The molecule has 2 aliphatic rings. The maximum Gasteiger partial charge on any atom is 0.338 e. The van der Waals surface area contributed by atoms with Gasteiger partial charge in [-0.2, -0.15) is 0 Å². The van der Waals surface area contributed by atoms with E-state index in [1.54, 1.807) is 30.3 Å². The van der Waals surface area contributed by atoms with Crippen molar-refractivity contribution < 1.29 is 23.9 Å². The van der Waals surface area contributed by atoms with Gasteiger partial charge in [0.2, 0.25) is 11.8 Å². The molecule has 2 fully saturated rings. The summed E-state index contributed by atoms with van der Waals surface area (Å²) in [6, 6.07) is 21.0. The summed E-state index contributed by atoms with van der Waals surface area (Å²) in [5, 5.41) is 2.99. The predicted molar refractivity (Wildman–Crippen MR) is 144 cm³/mol. The van der Waals surface area contributed by atoms with Gasteiger partial charge < -0.3 is 10.1 Å². The summed E-state index contributed by atoms with van der Waals surface area (Å²) in [6.07, 6.45) is 2.09. The average molecular weight is 551 g/mol. The fourth-order valence-corrected chi connectivity index (χ4v) is 5.58. The molecule has 1 saturated heterocycles. The van der Waals surface area contributed by atoms with Crippen LogP contribution < -0.4 is 10.2 Å². The molecule has 0 unspecified atom stereocenters. The van der Waals surface area contributed by atoms with Crippen LogP contribution in [0.4, 0.5) is 11.4 Å². The Labute approximate surface area is 229 Å². The molecule has 0 bridgehead atoms. The number of imide groups is 1. The highest BCUT2D eigenvalue weighted by molar-refractivity contribution is 6.44. The van der Waals surface area contributed by atoms with Crippen molar-refractivity contribution in [1.82, 2.24) is 0 Å². The summed E-state index contributed by atoms with van der Waals surface area (Å²) in [6.45, 7) is -0.557. The molecule has 1 N–H and O–H groups in total. The molecule has 3 atom stereocenters. The average Bonchev–Trinajstić information content (AvgIpc) is 3.19. The fourth-order valence-electron chi connectivity index (χ4n) is 5.23. The number of carbonyl (C=O) groups excluding carboxylic acids is 4. The van der Waals surface area contributed by atoms with Crippen LogP contribution in [0.3, 0.4) is 0 Å². The summed E-state index contributed by atoms with van der Waals surface area (Å²) >= 11 is 12.0. The monoisotopic (exact) mass is 550 g/mol. The largest absolute Gasteiger partial charge is 0.452 e. The van der Waals surface area contributed by atoms with Crippen LogP contribution in [0.5, 0.6) is 0 Å². The number of nitrogens with one attached hydrogen (secondary N) is 1. The topological polar surface area (TPSA) is 92.8 Å². The molecule has 1 saturated carbocycles. The summed E-state index contributed by atoms with van der Waals surface area (Å²) < 4.78 is 5.15. The lowest BCUT2D eigenvalue weighted by Gasteiger charge is -2.28. The third-order valence-electron chi connectivity index (χ3n) is 7.10. The molecule has 1 heterocycles. The first kappa shape index (κ1) is 25.9. The Morgan fingerprint density at radius 1 is 0.895 bits per heavy atom. The van der Waals surface area contributed by atoms with E-state index in [0.29, 0.717) is 24.2 Å². The standard InChI is InChI=1S/C29H24Cl2N2O5/c30-23-10-5-11-24(26(23)31)32-25(34)16-38-29(37)19-8-4-9-20(14-19)33-27(35)21-13-12-18(15-22(21)28(33)36)17-6-2-1-3-7-17/h1-11,14,18,21-22H,12-13,15-16H2,(H,32,34)/t18-,21+,22-/m0/s1. The fraction of sp³-hybridized carbons (Fsp3) is 0.241. The predicted octanol–water partition coefficient (Wildman–Crippen LogP) is 5.86. The maximum absolute atomic E-state index is 13.4. The number of nitrogens with zero attached hydrogens (tertiary/aromatic N) is 1. The summed E-state index contributed by atoms with van der Waals surface area (Å²) in [5.74, 6) is -2.37. The molecule has 0 aromatic heterocycles. The van der Waals surface area contributed by atoms with Crippen LogP contribution in [-0.2, 0) is 19.1 Å². The maximum atomic E-state index is 13.4. The molecule has 194 valence electrons. The van der Waals surface area contributed by atoms with Crippen molar-refractivity contribution in [1.29, 1.82) is 0 Å². The van der Waals surface area contributed by atoms with Crippen molar-refractivity contribution in [2.45, 2.75) is 25.2 Å². The number of hydrogen-bond acceptors (Lipinski definition) is 5. The quantitative estimate of drug-likeness (QED) is 0.306. The van der Waals surface area contributed by atoms with Crippen LogP contribution in [-0.4, -0.2) is 30.3 Å². The number of carbonyl (C=O) groups is 4. The smallest absolute Gasteiger partial charge is 0.338 e. The zero-order chi connectivity index (χ0) is 26.8. The van der Waals surface area contributed by atoms with E-state index in [0.717, 1.165) is 6.42 Å². The minimum absolute atomic E-state index is 0.119. The van der Waals surface area contributed by atoms with E-state index in [-0.39, 0.29) is 45.2 Å². The van der Waals surface area contributed by atoms with Crippen molar-refractivity contribution in [3.63, 3.8) is 0 Å². The van der Waals surface area contributed by atoms with Crippen LogP contribution in [0.15, 0.2) is 72.8 Å². The third-order valence-corrected chi connectivity index (χ3v) is 7.92. The Bertz CT molecular complexity index is 1410. The Hall–Kier alpha value is -3.68. The van der Waals surface area contributed by atoms with Gasteiger partial charge in [0, 0.05) is 0 Å². The minimum atomic E-state index is -0.764. The second-order valence-electron chi connectivity index (χ2n) is 9.42. The molecule has 1 aliphatic carbocycles. The van der Waals surface area contributed by atoms with Gasteiger partial charge in [0.15, 0.2) is 6.61 Å². The van der Waals surface area contributed by atoms with Gasteiger partial charge in [-0.3, -0.25) is 19.3 Å². The first-order valence-electron chi connectivity index (χ1n) is 12.3. The molecule has 3 aromatic carbocycles. The molecule has 5 rings (SSSR count). The van der Waals surface area contributed by atoms with Gasteiger partial charge in [0.1, 0.15) is 0 Å². The van der Waals surface area contributed by atoms with Gasteiger partial charge >= 0.3 is 5.97 Å². The van der Waals surface area contributed by atoms with Crippen LogP contribution in [0, 0.1) is 11.8 Å². The highest BCUT2D eigenvalue weighted by Gasteiger charge is 2.50. The number of amides is 3.